The lowest BCUT2D eigenvalue weighted by molar-refractivity contribution is 0.0915. The largest absolute Gasteiger partial charge is 0.497 e. The third-order valence-electron chi connectivity index (χ3n) is 6.44. The summed E-state index contributed by atoms with van der Waals surface area (Å²) in [6, 6.07) is 29.2. The maximum atomic E-state index is 9.78. The molecule has 0 aliphatic heterocycles. The molecule has 3 aromatic rings. The number of ether oxygens (including phenoxy) is 2. The van der Waals surface area contributed by atoms with Gasteiger partial charge >= 0.3 is 0 Å². The van der Waals surface area contributed by atoms with Gasteiger partial charge in [-0.05, 0) is 52.0 Å². The third-order valence-corrected chi connectivity index (χ3v) is 11.5. The summed E-state index contributed by atoms with van der Waals surface area (Å²) < 4.78 is 18.6. The number of hydrogen-bond donors (Lipinski definition) is 1. The van der Waals surface area contributed by atoms with Gasteiger partial charge in [-0.25, -0.2) is 0 Å². The average Bonchev–Trinajstić information content (AvgIpc) is 2.90. The molecule has 0 aliphatic rings. The Hall–Kier alpha value is -2.70. The Balaban J connectivity index is 1.89. The molecular formula is C31H40O4Si. The van der Waals surface area contributed by atoms with E-state index in [1.54, 1.807) is 7.11 Å². The minimum absolute atomic E-state index is 0.00725. The van der Waals surface area contributed by atoms with Crippen LogP contribution in [-0.2, 0) is 15.8 Å². The van der Waals surface area contributed by atoms with Crippen molar-refractivity contribution < 1.29 is 19.0 Å². The number of aliphatic hydroxyl groups is 1. The minimum Gasteiger partial charge on any atom is -0.497 e. The molecule has 0 heterocycles. The van der Waals surface area contributed by atoms with Crippen molar-refractivity contribution in [2.45, 2.75) is 51.9 Å². The van der Waals surface area contributed by atoms with Gasteiger partial charge in [0.05, 0.1) is 26.4 Å². The van der Waals surface area contributed by atoms with Gasteiger partial charge in [-0.1, -0.05) is 99.6 Å². The number of rotatable bonds is 12. The molecule has 3 aromatic carbocycles. The second-order valence-electron chi connectivity index (χ2n) is 10.2. The van der Waals surface area contributed by atoms with Crippen molar-refractivity contribution in [1.29, 1.82) is 0 Å². The Morgan fingerprint density at radius 1 is 0.889 bits per heavy atom. The summed E-state index contributed by atoms with van der Waals surface area (Å²) in [5.41, 5.74) is 2.00. The molecule has 0 unspecified atom stereocenters. The zero-order valence-electron chi connectivity index (χ0n) is 22.2. The molecule has 192 valence electrons. The molecule has 0 radical (unpaired) electrons. The highest BCUT2D eigenvalue weighted by Crippen LogP contribution is 2.38. The van der Waals surface area contributed by atoms with E-state index in [9.17, 15) is 5.11 Å². The van der Waals surface area contributed by atoms with Crippen LogP contribution in [0.4, 0.5) is 0 Å². The highest BCUT2D eigenvalue weighted by atomic mass is 28.4. The maximum absolute atomic E-state index is 9.78. The van der Waals surface area contributed by atoms with Crippen LogP contribution < -0.4 is 15.1 Å². The summed E-state index contributed by atoms with van der Waals surface area (Å²) in [6.45, 7) is 9.85. The second-order valence-corrected chi connectivity index (χ2v) is 14.4. The minimum atomic E-state index is -2.72. The van der Waals surface area contributed by atoms with Crippen LogP contribution in [0.25, 0.3) is 0 Å². The molecule has 0 fully saturated rings. The molecule has 0 spiro atoms. The molecular weight excluding hydrogens is 464 g/mol. The lowest BCUT2D eigenvalue weighted by Crippen LogP contribution is -2.67. The molecule has 5 heteroatoms. The van der Waals surface area contributed by atoms with Crippen LogP contribution >= 0.6 is 0 Å². The lowest BCUT2D eigenvalue weighted by atomic mass is 10.2. The molecule has 0 saturated carbocycles. The molecule has 4 nitrogen and oxygen atoms in total. The Morgan fingerprint density at radius 2 is 1.44 bits per heavy atom. The van der Waals surface area contributed by atoms with E-state index in [0.717, 1.165) is 16.9 Å². The van der Waals surface area contributed by atoms with Crippen molar-refractivity contribution in [3.63, 3.8) is 0 Å². The first-order valence-electron chi connectivity index (χ1n) is 12.6. The number of methoxy groups -OCH3 is 1. The van der Waals surface area contributed by atoms with E-state index < -0.39 is 8.32 Å². The third kappa shape index (κ3) is 6.95. The van der Waals surface area contributed by atoms with E-state index in [4.69, 9.17) is 13.9 Å². The van der Waals surface area contributed by atoms with Gasteiger partial charge in [0.25, 0.3) is 8.32 Å². The van der Waals surface area contributed by atoms with Crippen molar-refractivity contribution in [2.24, 2.45) is 0 Å². The molecule has 0 aliphatic carbocycles. The van der Waals surface area contributed by atoms with Gasteiger partial charge in [0.2, 0.25) is 0 Å². The van der Waals surface area contributed by atoms with Gasteiger partial charge in [0.1, 0.15) is 5.75 Å². The van der Waals surface area contributed by atoms with Gasteiger partial charge in [-0.3, -0.25) is 0 Å². The molecule has 0 saturated heterocycles. The number of benzene rings is 3. The average molecular weight is 505 g/mol. The fourth-order valence-electron chi connectivity index (χ4n) is 4.58. The van der Waals surface area contributed by atoms with Crippen molar-refractivity contribution in [3.05, 3.63) is 102 Å². The van der Waals surface area contributed by atoms with Crippen LogP contribution in [0.5, 0.6) is 5.75 Å². The molecule has 0 aromatic heterocycles. The summed E-state index contributed by atoms with van der Waals surface area (Å²) in [4.78, 5) is 0. The fourth-order valence-corrected chi connectivity index (χ4v) is 9.23. The first kappa shape index (κ1) is 27.9. The van der Waals surface area contributed by atoms with Crippen LogP contribution in [0.2, 0.25) is 5.04 Å². The Kier molecular flexibility index (Phi) is 10.1. The molecule has 36 heavy (non-hydrogen) atoms. The zero-order chi connectivity index (χ0) is 26.0. The van der Waals surface area contributed by atoms with Crippen LogP contribution in [0.3, 0.4) is 0 Å². The summed E-state index contributed by atoms with van der Waals surface area (Å²) in [7, 11) is -1.06. The van der Waals surface area contributed by atoms with Crippen molar-refractivity contribution in [2.75, 3.05) is 20.3 Å². The Labute approximate surface area is 217 Å². The van der Waals surface area contributed by atoms with Crippen LogP contribution in [0, 0.1) is 0 Å². The van der Waals surface area contributed by atoms with Gasteiger partial charge < -0.3 is 19.0 Å². The van der Waals surface area contributed by atoms with Crippen molar-refractivity contribution in [3.8, 4) is 5.75 Å². The van der Waals surface area contributed by atoms with E-state index in [-0.39, 0.29) is 17.7 Å². The van der Waals surface area contributed by atoms with Gasteiger partial charge in [-0.2, -0.15) is 0 Å². The smallest absolute Gasteiger partial charge is 0.261 e. The Morgan fingerprint density at radius 3 is 1.92 bits per heavy atom. The van der Waals surface area contributed by atoms with Gasteiger partial charge in [-0.15, -0.1) is 0 Å². The fraction of sp³-hybridized carbons (Fsp3) is 0.355. The zero-order valence-corrected chi connectivity index (χ0v) is 23.2. The van der Waals surface area contributed by atoms with Crippen LogP contribution in [0.1, 0.15) is 39.7 Å². The van der Waals surface area contributed by atoms with Gasteiger partial charge in [0.15, 0.2) is 0 Å². The van der Waals surface area contributed by atoms with Crippen molar-refractivity contribution >= 4 is 18.7 Å². The Bertz CT molecular complexity index is 1030. The molecule has 3 rings (SSSR count). The van der Waals surface area contributed by atoms with Crippen LogP contribution in [0.15, 0.2) is 96.6 Å². The predicted molar refractivity (Wildman–Crippen MR) is 151 cm³/mol. The van der Waals surface area contributed by atoms with E-state index in [0.29, 0.717) is 19.6 Å². The summed E-state index contributed by atoms with van der Waals surface area (Å²) in [5, 5.41) is 12.1. The molecule has 1 N–H and O–H groups in total. The first-order chi connectivity index (χ1) is 17.3. The van der Waals surface area contributed by atoms with E-state index in [1.807, 2.05) is 31.2 Å². The second kappa shape index (κ2) is 13.0. The molecule has 1 atom stereocenters. The van der Waals surface area contributed by atoms with Crippen molar-refractivity contribution in [1.82, 2.24) is 0 Å². The standard InChI is InChI=1S/C31H40O4Si/c1-25(23-32)22-28(20-21-34-24-26-16-18-27(33-5)19-17-26)35-36(31(2,3)4,29-12-8-6-9-13-29)30-14-10-7-11-15-30/h6-19,22,28,32H,20-21,23-24H2,1-5H3/b25-22+/t28-/m0/s1. The monoisotopic (exact) mass is 504 g/mol. The number of aliphatic hydroxyl groups excluding tert-OH is 1. The summed E-state index contributed by atoms with van der Waals surface area (Å²) >= 11 is 0. The molecule has 0 bridgehead atoms. The first-order valence-corrected chi connectivity index (χ1v) is 14.5. The quantitative estimate of drug-likeness (QED) is 0.201. The summed E-state index contributed by atoms with van der Waals surface area (Å²) in [6.07, 6.45) is 2.56. The SMILES string of the molecule is COc1ccc(COCC[C@@H](/C=C(\C)CO)O[Si](c2ccccc2)(c2ccccc2)C(C)(C)C)cc1. The maximum Gasteiger partial charge on any atom is 0.261 e. The van der Waals surface area contributed by atoms with Gasteiger partial charge in [0, 0.05) is 6.61 Å². The molecule has 0 amide bonds. The highest BCUT2D eigenvalue weighted by molar-refractivity contribution is 6.99. The van der Waals surface area contributed by atoms with E-state index in [2.05, 4.69) is 87.5 Å². The van der Waals surface area contributed by atoms with E-state index in [1.165, 1.54) is 10.4 Å². The normalized spacial score (nSPS) is 13.4. The number of hydrogen-bond acceptors (Lipinski definition) is 4. The van der Waals surface area contributed by atoms with Crippen LogP contribution in [-0.4, -0.2) is 39.9 Å². The predicted octanol–water partition coefficient (Wildman–Crippen LogP) is 5.49. The summed E-state index contributed by atoms with van der Waals surface area (Å²) in [5.74, 6) is 0.835. The topological polar surface area (TPSA) is 47.9 Å². The van der Waals surface area contributed by atoms with E-state index >= 15 is 0 Å². The lowest BCUT2D eigenvalue weighted by Gasteiger charge is -2.45. The highest BCUT2D eigenvalue weighted by Gasteiger charge is 2.51.